The van der Waals surface area contributed by atoms with Gasteiger partial charge in [-0.3, -0.25) is 9.59 Å². The average molecular weight is 195 g/mol. The van der Waals surface area contributed by atoms with Crippen molar-refractivity contribution in [1.29, 1.82) is 0 Å². The highest BCUT2D eigenvalue weighted by atomic mass is 16.1. The van der Waals surface area contributed by atoms with Crippen LogP contribution in [0.15, 0.2) is 29.2 Å². The lowest BCUT2D eigenvalue weighted by molar-refractivity contribution is -0.117. The first-order chi connectivity index (χ1) is 6.70. The molecule has 1 amide bonds. The fraction of sp³-hybridized carbons (Fsp3) is 0.333. The van der Waals surface area contributed by atoms with Crippen LogP contribution in [0.4, 0.5) is 0 Å². The zero-order chi connectivity index (χ0) is 10.4. The molecule has 1 rings (SSSR count). The molecule has 0 radical (unpaired) electrons. The molecule has 0 fully saturated rings. The Balaban J connectivity index is 2.35. The maximum atomic E-state index is 11.2. The Morgan fingerprint density at radius 2 is 2.29 bits per heavy atom. The first kappa shape index (κ1) is 10.5. The third-order valence-corrected chi connectivity index (χ3v) is 1.73. The number of rotatable bonds is 5. The fourth-order valence-corrected chi connectivity index (χ4v) is 1.06. The van der Waals surface area contributed by atoms with Crippen LogP contribution in [-0.2, 0) is 11.3 Å². The number of carbonyl (C=O) groups is 1. The molecule has 0 spiro atoms. The lowest BCUT2D eigenvalue weighted by atomic mass is 10.4. The quantitative estimate of drug-likeness (QED) is 0.587. The van der Waals surface area contributed by atoms with Crippen molar-refractivity contribution in [1.82, 2.24) is 9.88 Å². The van der Waals surface area contributed by atoms with Crippen LogP contribution in [0.3, 0.4) is 0 Å². The molecule has 14 heavy (non-hydrogen) atoms. The van der Waals surface area contributed by atoms with Crippen molar-refractivity contribution in [3.05, 3.63) is 34.7 Å². The number of amides is 1. The van der Waals surface area contributed by atoms with E-state index < -0.39 is 5.91 Å². The molecule has 0 bridgehead atoms. The van der Waals surface area contributed by atoms with Crippen molar-refractivity contribution in [2.45, 2.75) is 6.54 Å². The number of hydrogen-bond donors (Lipinski definition) is 2. The lowest BCUT2D eigenvalue weighted by Crippen LogP contribution is -2.32. The summed E-state index contributed by atoms with van der Waals surface area (Å²) in [5.41, 5.74) is 4.88. The zero-order valence-corrected chi connectivity index (χ0v) is 7.77. The summed E-state index contributed by atoms with van der Waals surface area (Å²) in [5, 5.41) is 2.83. The summed E-state index contributed by atoms with van der Waals surface area (Å²) >= 11 is 0. The summed E-state index contributed by atoms with van der Waals surface area (Å²) < 4.78 is 1.56. The van der Waals surface area contributed by atoms with Gasteiger partial charge in [0.15, 0.2) is 0 Å². The first-order valence-electron chi connectivity index (χ1n) is 4.34. The predicted molar refractivity (Wildman–Crippen MR) is 52.8 cm³/mol. The van der Waals surface area contributed by atoms with Crippen molar-refractivity contribution in [3.8, 4) is 0 Å². The predicted octanol–water partition coefficient (Wildman–Crippen LogP) is -1.08. The SMILES string of the molecule is NC(=O)CNCCn1ccccc1=O. The van der Waals surface area contributed by atoms with Crippen LogP contribution in [0, 0.1) is 0 Å². The smallest absolute Gasteiger partial charge is 0.250 e. The van der Waals surface area contributed by atoms with Crippen molar-refractivity contribution < 1.29 is 4.79 Å². The zero-order valence-electron chi connectivity index (χ0n) is 7.77. The van der Waals surface area contributed by atoms with Crippen LogP contribution >= 0.6 is 0 Å². The summed E-state index contributed by atoms with van der Waals surface area (Å²) in [7, 11) is 0. The molecule has 5 heteroatoms. The monoisotopic (exact) mass is 195 g/mol. The van der Waals surface area contributed by atoms with Crippen molar-refractivity contribution in [3.63, 3.8) is 0 Å². The largest absolute Gasteiger partial charge is 0.369 e. The second-order valence-electron chi connectivity index (χ2n) is 2.88. The molecule has 0 aliphatic rings. The van der Waals surface area contributed by atoms with E-state index in [1.54, 1.807) is 22.9 Å². The van der Waals surface area contributed by atoms with Gasteiger partial charge in [-0.15, -0.1) is 0 Å². The molecule has 0 atom stereocenters. The van der Waals surface area contributed by atoms with Gasteiger partial charge in [-0.25, -0.2) is 0 Å². The van der Waals surface area contributed by atoms with Gasteiger partial charge in [-0.05, 0) is 6.07 Å². The molecule has 0 saturated heterocycles. The van der Waals surface area contributed by atoms with E-state index in [0.717, 1.165) is 0 Å². The number of primary amides is 1. The minimum Gasteiger partial charge on any atom is -0.369 e. The second kappa shape index (κ2) is 5.18. The van der Waals surface area contributed by atoms with Crippen LogP contribution in [0.2, 0.25) is 0 Å². The molecule has 1 heterocycles. The van der Waals surface area contributed by atoms with E-state index in [2.05, 4.69) is 5.32 Å². The van der Waals surface area contributed by atoms with E-state index in [9.17, 15) is 9.59 Å². The normalized spacial score (nSPS) is 10.0. The number of nitrogens with zero attached hydrogens (tertiary/aromatic N) is 1. The first-order valence-corrected chi connectivity index (χ1v) is 4.34. The molecule has 1 aromatic heterocycles. The van der Waals surface area contributed by atoms with Crippen molar-refractivity contribution in [2.24, 2.45) is 5.73 Å². The summed E-state index contributed by atoms with van der Waals surface area (Å²) in [6, 6.07) is 4.97. The number of nitrogens with two attached hydrogens (primary N) is 1. The van der Waals surface area contributed by atoms with Crippen LogP contribution < -0.4 is 16.6 Å². The molecule has 5 nitrogen and oxygen atoms in total. The third kappa shape index (κ3) is 3.40. The molecule has 1 aromatic rings. The van der Waals surface area contributed by atoms with Gasteiger partial charge >= 0.3 is 0 Å². The maximum absolute atomic E-state index is 11.2. The third-order valence-electron chi connectivity index (χ3n) is 1.73. The molecule has 0 saturated carbocycles. The van der Waals surface area contributed by atoms with Crippen LogP contribution in [0.5, 0.6) is 0 Å². The van der Waals surface area contributed by atoms with E-state index in [1.165, 1.54) is 6.07 Å². The maximum Gasteiger partial charge on any atom is 0.250 e. The Hall–Kier alpha value is -1.62. The number of aromatic nitrogens is 1. The number of carbonyl (C=O) groups excluding carboxylic acids is 1. The highest BCUT2D eigenvalue weighted by Crippen LogP contribution is 1.80. The number of nitrogens with one attached hydrogen (secondary N) is 1. The number of hydrogen-bond acceptors (Lipinski definition) is 3. The Morgan fingerprint density at radius 1 is 1.50 bits per heavy atom. The fourth-order valence-electron chi connectivity index (χ4n) is 1.06. The average Bonchev–Trinajstić information content (AvgIpc) is 2.15. The summed E-state index contributed by atoms with van der Waals surface area (Å²) in [6.45, 7) is 1.22. The van der Waals surface area contributed by atoms with E-state index in [0.29, 0.717) is 13.1 Å². The molecule has 0 aliphatic heterocycles. The Kier molecular flexibility index (Phi) is 3.87. The van der Waals surface area contributed by atoms with Gasteiger partial charge < -0.3 is 15.6 Å². The van der Waals surface area contributed by atoms with E-state index in [1.807, 2.05) is 0 Å². The van der Waals surface area contributed by atoms with Gasteiger partial charge in [-0.2, -0.15) is 0 Å². The second-order valence-corrected chi connectivity index (χ2v) is 2.88. The highest BCUT2D eigenvalue weighted by Gasteiger charge is 1.94. The van der Waals surface area contributed by atoms with Crippen LogP contribution in [0.1, 0.15) is 0 Å². The van der Waals surface area contributed by atoms with Crippen molar-refractivity contribution in [2.75, 3.05) is 13.1 Å². The lowest BCUT2D eigenvalue weighted by Gasteiger charge is -2.04. The molecule has 0 aliphatic carbocycles. The van der Waals surface area contributed by atoms with Crippen LogP contribution in [0.25, 0.3) is 0 Å². The summed E-state index contributed by atoms with van der Waals surface area (Å²) in [5.74, 6) is -0.398. The van der Waals surface area contributed by atoms with Gasteiger partial charge in [0.05, 0.1) is 6.54 Å². The molecule has 3 N–H and O–H groups in total. The van der Waals surface area contributed by atoms with Gasteiger partial charge in [-0.1, -0.05) is 6.07 Å². The van der Waals surface area contributed by atoms with Gasteiger partial charge in [0.2, 0.25) is 5.91 Å². The van der Waals surface area contributed by atoms with Crippen LogP contribution in [-0.4, -0.2) is 23.6 Å². The minimum absolute atomic E-state index is 0.0478. The molecular formula is C9H13N3O2. The highest BCUT2D eigenvalue weighted by molar-refractivity contribution is 5.75. The van der Waals surface area contributed by atoms with Gasteiger partial charge in [0.1, 0.15) is 0 Å². The minimum atomic E-state index is -0.398. The molecular weight excluding hydrogens is 182 g/mol. The molecule has 76 valence electrons. The van der Waals surface area contributed by atoms with Gasteiger partial charge in [0.25, 0.3) is 5.56 Å². The summed E-state index contributed by atoms with van der Waals surface area (Å²) in [6.07, 6.45) is 1.70. The molecule has 0 aromatic carbocycles. The van der Waals surface area contributed by atoms with Gasteiger partial charge in [0, 0.05) is 25.4 Å². The molecule has 0 unspecified atom stereocenters. The Labute approximate surface area is 81.5 Å². The van der Waals surface area contributed by atoms with E-state index >= 15 is 0 Å². The van der Waals surface area contributed by atoms with E-state index in [4.69, 9.17) is 5.73 Å². The summed E-state index contributed by atoms with van der Waals surface area (Å²) in [4.78, 5) is 21.6. The topological polar surface area (TPSA) is 77.1 Å². The Morgan fingerprint density at radius 3 is 2.93 bits per heavy atom. The Bertz CT molecular complexity index is 359. The van der Waals surface area contributed by atoms with E-state index in [-0.39, 0.29) is 12.1 Å². The standard InChI is InChI=1S/C9H13N3O2/c10-8(13)7-11-4-6-12-5-2-1-3-9(12)14/h1-3,5,11H,4,6-7H2,(H2,10,13). The number of pyridine rings is 1. The van der Waals surface area contributed by atoms with Crippen molar-refractivity contribution >= 4 is 5.91 Å².